The van der Waals surface area contributed by atoms with Crippen molar-refractivity contribution in [2.45, 2.75) is 25.8 Å². The molecule has 0 amide bonds. The van der Waals surface area contributed by atoms with Gasteiger partial charge in [0.1, 0.15) is 28.9 Å². The van der Waals surface area contributed by atoms with Gasteiger partial charge in [0.15, 0.2) is 0 Å². The first-order valence-electron chi connectivity index (χ1n) is 10.0. The van der Waals surface area contributed by atoms with E-state index in [-0.39, 0.29) is 17.0 Å². The van der Waals surface area contributed by atoms with Crippen LogP contribution in [0.25, 0.3) is 0 Å². The van der Waals surface area contributed by atoms with Crippen molar-refractivity contribution in [3.05, 3.63) is 62.9 Å². The number of hydrogen-bond donors (Lipinski definition) is 1. The van der Waals surface area contributed by atoms with Crippen LogP contribution in [-0.2, 0) is 6.54 Å². The van der Waals surface area contributed by atoms with Gasteiger partial charge in [0.25, 0.3) is 5.56 Å². The molecule has 31 heavy (non-hydrogen) atoms. The zero-order chi connectivity index (χ0) is 22.7. The summed E-state index contributed by atoms with van der Waals surface area (Å²) in [7, 11) is 7.09. The minimum absolute atomic E-state index is 0.0194. The number of hydrogen-bond acceptors (Lipinski definition) is 7. The molecule has 2 aromatic rings. The second-order valence-electron chi connectivity index (χ2n) is 7.71. The summed E-state index contributed by atoms with van der Waals surface area (Å²) in [4.78, 5) is 15.7. The van der Waals surface area contributed by atoms with Crippen molar-refractivity contribution < 1.29 is 14.2 Å². The van der Waals surface area contributed by atoms with Gasteiger partial charge in [0.2, 0.25) is 5.88 Å². The van der Waals surface area contributed by atoms with E-state index in [9.17, 15) is 10.1 Å². The number of nitrogens with zero attached hydrogens (tertiary/aromatic N) is 3. The lowest BCUT2D eigenvalue weighted by molar-refractivity contribution is 0.372. The van der Waals surface area contributed by atoms with Crippen LogP contribution in [-0.4, -0.2) is 44.3 Å². The van der Waals surface area contributed by atoms with Gasteiger partial charge in [-0.1, -0.05) is 0 Å². The van der Waals surface area contributed by atoms with Crippen molar-refractivity contribution in [3.63, 3.8) is 0 Å². The number of allylic oxidation sites excluding steroid dienone is 1. The third kappa shape index (κ3) is 4.23. The minimum atomic E-state index is -0.730. The van der Waals surface area contributed by atoms with E-state index in [4.69, 9.17) is 19.9 Å². The second kappa shape index (κ2) is 9.14. The number of aryl methyl sites for hydroxylation is 1. The Morgan fingerprint density at radius 3 is 2.61 bits per heavy atom. The predicted octanol–water partition coefficient (Wildman–Crippen LogP) is 2.34. The summed E-state index contributed by atoms with van der Waals surface area (Å²) in [5, 5.41) is 9.87. The first kappa shape index (κ1) is 22.2. The first-order chi connectivity index (χ1) is 14.8. The van der Waals surface area contributed by atoms with E-state index < -0.39 is 5.92 Å². The molecule has 0 bridgehead atoms. The second-order valence-corrected chi connectivity index (χ2v) is 7.71. The molecule has 0 spiro atoms. The molecule has 1 unspecified atom stereocenters. The van der Waals surface area contributed by atoms with Gasteiger partial charge in [0, 0.05) is 23.9 Å². The first-order valence-corrected chi connectivity index (χ1v) is 10.0. The summed E-state index contributed by atoms with van der Waals surface area (Å²) in [6.07, 6.45) is 0.809. The Morgan fingerprint density at radius 1 is 1.26 bits per heavy atom. The van der Waals surface area contributed by atoms with Crippen molar-refractivity contribution >= 4 is 0 Å². The van der Waals surface area contributed by atoms with Gasteiger partial charge >= 0.3 is 0 Å². The van der Waals surface area contributed by atoms with E-state index in [1.165, 1.54) is 0 Å². The van der Waals surface area contributed by atoms with Gasteiger partial charge in [-0.3, -0.25) is 4.79 Å². The lowest BCUT2D eigenvalue weighted by Crippen LogP contribution is -2.33. The van der Waals surface area contributed by atoms with Crippen LogP contribution < -0.4 is 25.5 Å². The van der Waals surface area contributed by atoms with E-state index in [2.05, 4.69) is 11.0 Å². The standard InChI is InChI=1S/C23H28N4O4/c1-14-11-19-21(23(28)27(14)10-6-9-26(2)3)20(17(13-24)22(25)31-19)16-12-15(29-4)7-8-18(16)30-5/h7-8,11-12,20H,6,9-10,25H2,1-5H3. The van der Waals surface area contributed by atoms with E-state index in [0.717, 1.165) is 18.7 Å². The van der Waals surface area contributed by atoms with Crippen molar-refractivity contribution in [2.75, 3.05) is 34.9 Å². The maximum atomic E-state index is 13.6. The molecule has 1 aromatic heterocycles. The third-order valence-corrected chi connectivity index (χ3v) is 5.42. The smallest absolute Gasteiger partial charge is 0.258 e. The molecule has 1 aromatic carbocycles. The van der Waals surface area contributed by atoms with Crippen LogP contribution in [0.2, 0.25) is 0 Å². The topological polar surface area (TPSA) is 103 Å². The normalized spacial score (nSPS) is 15.3. The average molecular weight is 425 g/mol. The largest absolute Gasteiger partial charge is 0.497 e. The van der Waals surface area contributed by atoms with Gasteiger partial charge < -0.3 is 29.4 Å². The van der Waals surface area contributed by atoms with Crippen molar-refractivity contribution in [1.82, 2.24) is 9.47 Å². The number of rotatable bonds is 7. The highest BCUT2D eigenvalue weighted by Gasteiger charge is 2.36. The molecule has 8 heteroatoms. The van der Waals surface area contributed by atoms with Crippen LogP contribution in [0.1, 0.15) is 29.2 Å². The fourth-order valence-corrected chi connectivity index (χ4v) is 3.89. The Kier molecular flexibility index (Phi) is 6.56. The SMILES string of the molecule is COc1ccc(OC)c(C2C(C#N)=C(N)Oc3cc(C)n(CCCN(C)C)c(=O)c32)c1. The Balaban J connectivity index is 2.24. The molecule has 0 fully saturated rings. The van der Waals surface area contributed by atoms with Crippen LogP contribution in [0.3, 0.4) is 0 Å². The molecule has 0 saturated carbocycles. The predicted molar refractivity (Wildman–Crippen MR) is 117 cm³/mol. The molecule has 3 rings (SSSR count). The Bertz CT molecular complexity index is 1110. The molecule has 2 N–H and O–H groups in total. The molecule has 164 valence electrons. The quantitative estimate of drug-likeness (QED) is 0.728. The summed E-state index contributed by atoms with van der Waals surface area (Å²) in [5.74, 6) is 0.718. The van der Waals surface area contributed by atoms with E-state index >= 15 is 0 Å². The number of pyridine rings is 1. The summed E-state index contributed by atoms with van der Waals surface area (Å²) in [5.41, 5.74) is 7.81. The van der Waals surface area contributed by atoms with Gasteiger partial charge in [-0.15, -0.1) is 0 Å². The van der Waals surface area contributed by atoms with Gasteiger partial charge in [-0.05, 0) is 52.2 Å². The Morgan fingerprint density at radius 2 is 2.00 bits per heavy atom. The number of nitrogens with two attached hydrogens (primary N) is 1. The van der Waals surface area contributed by atoms with Crippen LogP contribution >= 0.6 is 0 Å². The Labute approximate surface area is 182 Å². The van der Waals surface area contributed by atoms with Crippen LogP contribution in [0.15, 0.2) is 40.5 Å². The molecule has 2 heterocycles. The van der Waals surface area contributed by atoms with Crippen LogP contribution in [0, 0.1) is 18.3 Å². The molecule has 0 saturated heterocycles. The van der Waals surface area contributed by atoms with Gasteiger partial charge in [0.05, 0.1) is 25.7 Å². The fraction of sp³-hybridized carbons (Fsp3) is 0.391. The minimum Gasteiger partial charge on any atom is -0.497 e. The number of benzene rings is 1. The van der Waals surface area contributed by atoms with Crippen LogP contribution in [0.4, 0.5) is 0 Å². The van der Waals surface area contributed by atoms with E-state index in [1.807, 2.05) is 21.0 Å². The van der Waals surface area contributed by atoms with Crippen molar-refractivity contribution in [2.24, 2.45) is 5.73 Å². The number of ether oxygens (including phenoxy) is 3. The molecule has 8 nitrogen and oxygen atoms in total. The molecule has 0 aliphatic carbocycles. The monoisotopic (exact) mass is 424 g/mol. The molecule has 1 atom stereocenters. The average Bonchev–Trinajstić information content (AvgIpc) is 2.74. The third-order valence-electron chi connectivity index (χ3n) is 5.42. The lowest BCUT2D eigenvalue weighted by Gasteiger charge is -2.28. The number of fused-ring (bicyclic) bond motifs is 1. The summed E-state index contributed by atoms with van der Waals surface area (Å²) in [6, 6.07) is 9.20. The fourth-order valence-electron chi connectivity index (χ4n) is 3.89. The lowest BCUT2D eigenvalue weighted by atomic mass is 9.83. The maximum absolute atomic E-state index is 13.6. The molecule has 0 radical (unpaired) electrons. The van der Waals surface area contributed by atoms with Gasteiger partial charge in [-0.2, -0.15) is 5.26 Å². The zero-order valence-corrected chi connectivity index (χ0v) is 18.6. The van der Waals surface area contributed by atoms with Crippen molar-refractivity contribution in [3.8, 4) is 23.3 Å². The molecular formula is C23H28N4O4. The summed E-state index contributed by atoms with van der Waals surface area (Å²) < 4.78 is 18.4. The van der Waals surface area contributed by atoms with Crippen molar-refractivity contribution in [1.29, 1.82) is 5.26 Å². The Hall–Kier alpha value is -3.44. The number of aromatic nitrogens is 1. The van der Waals surface area contributed by atoms with Crippen LogP contribution in [0.5, 0.6) is 17.2 Å². The summed E-state index contributed by atoms with van der Waals surface area (Å²) >= 11 is 0. The van der Waals surface area contributed by atoms with Gasteiger partial charge in [-0.25, -0.2) is 0 Å². The number of nitriles is 1. The maximum Gasteiger partial charge on any atom is 0.258 e. The van der Waals surface area contributed by atoms with E-state index in [0.29, 0.717) is 34.9 Å². The van der Waals surface area contributed by atoms with E-state index in [1.54, 1.807) is 43.1 Å². The molecular weight excluding hydrogens is 396 g/mol. The highest BCUT2D eigenvalue weighted by Crippen LogP contribution is 2.44. The highest BCUT2D eigenvalue weighted by molar-refractivity contribution is 5.59. The zero-order valence-electron chi connectivity index (χ0n) is 18.6. The number of methoxy groups -OCH3 is 2. The highest BCUT2D eigenvalue weighted by atomic mass is 16.5. The molecule has 1 aliphatic heterocycles. The molecule has 1 aliphatic rings. The summed E-state index contributed by atoms with van der Waals surface area (Å²) in [6.45, 7) is 3.27.